The first-order valence-electron chi connectivity index (χ1n) is 15.6. The third-order valence-electron chi connectivity index (χ3n) is 6.43. The van der Waals surface area contributed by atoms with Gasteiger partial charge in [0.05, 0.1) is 0 Å². The van der Waals surface area contributed by atoms with Crippen LogP contribution in [0.2, 0.25) is 0 Å². The van der Waals surface area contributed by atoms with Crippen molar-refractivity contribution in [3.8, 4) is 0 Å². The first-order valence-corrected chi connectivity index (χ1v) is 15.6. The van der Waals surface area contributed by atoms with Gasteiger partial charge < -0.3 is 40.7 Å². The van der Waals surface area contributed by atoms with Crippen molar-refractivity contribution in [2.45, 2.75) is 141 Å². The van der Waals surface area contributed by atoms with Crippen LogP contribution in [0, 0.1) is 0 Å². The zero-order valence-electron chi connectivity index (χ0n) is 28.1. The first-order chi connectivity index (χ1) is 20.9. The Morgan fingerprint density at radius 1 is 0.522 bits per heavy atom. The molecule has 2 unspecified atom stereocenters. The Morgan fingerprint density at radius 3 is 1.09 bits per heavy atom. The molecule has 0 heterocycles. The number of hydrogen-bond acceptors (Lipinski definition) is 12. The maximum Gasteiger partial charge on any atom is 1.00 e. The van der Waals surface area contributed by atoms with E-state index in [1.807, 2.05) is 12.2 Å². The Morgan fingerprint density at radius 2 is 0.804 bits per heavy atom. The van der Waals surface area contributed by atoms with Gasteiger partial charge in [-0.1, -0.05) is 63.5 Å². The molecule has 0 aromatic heterocycles. The van der Waals surface area contributed by atoms with Crippen LogP contribution in [0.4, 0.5) is 0 Å². The summed E-state index contributed by atoms with van der Waals surface area (Å²) in [4.78, 5) is 66.2. The van der Waals surface area contributed by atoms with E-state index >= 15 is 0 Å². The van der Waals surface area contributed by atoms with Crippen LogP contribution >= 0.6 is 0 Å². The summed E-state index contributed by atoms with van der Waals surface area (Å²) in [5.74, 6) is -5.56. The van der Waals surface area contributed by atoms with E-state index in [1.54, 1.807) is 0 Å². The van der Waals surface area contributed by atoms with Gasteiger partial charge in [0.1, 0.15) is 12.1 Å². The maximum absolute atomic E-state index is 11.4. The molecule has 0 aliphatic heterocycles. The number of esters is 4. The van der Waals surface area contributed by atoms with Crippen LogP contribution < -0.4 is 124 Å². The van der Waals surface area contributed by atoms with Crippen molar-refractivity contribution in [3.05, 3.63) is 25.3 Å². The molecule has 0 spiro atoms. The van der Waals surface area contributed by atoms with E-state index in [9.17, 15) is 39.0 Å². The van der Waals surface area contributed by atoms with E-state index in [1.165, 1.54) is 0 Å². The van der Waals surface area contributed by atoms with Crippen molar-refractivity contribution in [3.63, 3.8) is 0 Å². The van der Waals surface area contributed by atoms with E-state index in [0.29, 0.717) is 12.8 Å². The molecule has 0 aliphatic carbocycles. The van der Waals surface area contributed by atoms with Crippen molar-refractivity contribution in [2.24, 2.45) is 11.5 Å². The molecule has 0 bridgehead atoms. The second-order valence-corrected chi connectivity index (χ2v) is 10.5. The number of ether oxygens (including phenoxy) is 2. The van der Waals surface area contributed by atoms with Crippen LogP contribution in [0.1, 0.15) is 128 Å². The number of allylic oxidation sites excluding steroid dienone is 2. The fourth-order valence-electron chi connectivity index (χ4n) is 3.79. The summed E-state index contributed by atoms with van der Waals surface area (Å²) in [6.45, 7) is 7.33. The Balaban J connectivity index is -0.000000367. The molecule has 0 saturated heterocycles. The Labute approximate surface area is 359 Å². The van der Waals surface area contributed by atoms with E-state index in [2.05, 4.69) is 22.6 Å². The maximum atomic E-state index is 11.4. The van der Waals surface area contributed by atoms with Crippen LogP contribution in [0.15, 0.2) is 25.3 Å². The largest absolute Gasteiger partial charge is 1.00 e. The predicted molar refractivity (Wildman–Crippen MR) is 161 cm³/mol. The summed E-state index contributed by atoms with van der Waals surface area (Å²) >= 11 is 0. The van der Waals surface area contributed by atoms with Crippen molar-refractivity contribution in [2.75, 3.05) is 0 Å². The molecule has 2 atom stereocenters. The van der Waals surface area contributed by atoms with Crippen molar-refractivity contribution in [1.29, 1.82) is 0 Å². The molecule has 0 aromatic rings. The predicted octanol–water partition coefficient (Wildman–Crippen LogP) is -3.55. The number of unbranched alkanes of at least 4 members (excludes halogenated alkanes) is 12. The molecular formula is C32H52K2N2O10. The summed E-state index contributed by atoms with van der Waals surface area (Å²) in [5, 5.41) is 20.5. The number of carbonyl (C=O) groups is 6. The van der Waals surface area contributed by atoms with Gasteiger partial charge in [0.25, 0.3) is 0 Å². The number of nitrogens with two attached hydrogens (primary N) is 2. The summed E-state index contributed by atoms with van der Waals surface area (Å²) in [5.41, 5.74) is 10.8. The van der Waals surface area contributed by atoms with Crippen LogP contribution in [-0.4, -0.2) is 47.9 Å². The Bertz CT molecular complexity index is 817. The van der Waals surface area contributed by atoms with Crippen molar-refractivity contribution in [1.82, 2.24) is 0 Å². The van der Waals surface area contributed by atoms with Crippen LogP contribution in [-0.2, 0) is 38.2 Å². The first kappa shape index (κ1) is 52.7. The van der Waals surface area contributed by atoms with Crippen LogP contribution in [0.5, 0.6) is 0 Å². The molecule has 0 saturated carbocycles. The van der Waals surface area contributed by atoms with Gasteiger partial charge in [0.2, 0.25) is 0 Å². The second kappa shape index (κ2) is 37.7. The molecule has 0 aromatic carbocycles. The summed E-state index contributed by atoms with van der Waals surface area (Å²) in [7, 11) is 0. The number of carboxylic acids is 2. The zero-order chi connectivity index (χ0) is 33.6. The molecule has 12 nitrogen and oxygen atoms in total. The number of aliphatic carboxylic acids is 2. The van der Waals surface area contributed by atoms with Gasteiger partial charge >= 0.3 is 127 Å². The van der Waals surface area contributed by atoms with Crippen molar-refractivity contribution >= 4 is 35.8 Å². The van der Waals surface area contributed by atoms with Gasteiger partial charge in [-0.05, 0) is 64.2 Å². The topological polar surface area (TPSA) is 219 Å². The minimum atomic E-state index is -1.29. The molecule has 14 heteroatoms. The van der Waals surface area contributed by atoms with Crippen LogP contribution in [0.3, 0.4) is 0 Å². The minimum Gasteiger partial charge on any atom is -0.550 e. The normalized spacial score (nSPS) is 11.2. The fourth-order valence-corrected chi connectivity index (χ4v) is 3.79. The number of hydrogen-bond donors (Lipinski definition) is 2. The summed E-state index contributed by atoms with van der Waals surface area (Å²) in [6, 6.07) is -2.21. The van der Waals surface area contributed by atoms with Gasteiger partial charge in [-0.2, -0.15) is 0 Å². The van der Waals surface area contributed by atoms with E-state index in [4.69, 9.17) is 11.5 Å². The fraction of sp³-hybridized carbons (Fsp3) is 0.688. The smallest absolute Gasteiger partial charge is 0.550 e. The molecule has 0 amide bonds. The molecule has 4 N–H and O–H groups in total. The third-order valence-corrected chi connectivity index (χ3v) is 6.43. The van der Waals surface area contributed by atoms with E-state index < -0.39 is 47.9 Å². The molecule has 0 aliphatic rings. The van der Waals surface area contributed by atoms with E-state index in [-0.39, 0.29) is 141 Å². The van der Waals surface area contributed by atoms with Gasteiger partial charge in [0.15, 0.2) is 0 Å². The van der Waals surface area contributed by atoms with Gasteiger partial charge in [-0.3, -0.25) is 9.59 Å². The molecule has 0 radical (unpaired) electrons. The minimum absolute atomic E-state index is 0. The molecular weight excluding hydrogens is 651 g/mol. The Kier molecular flexibility index (Phi) is 43.2. The molecule has 0 fully saturated rings. The van der Waals surface area contributed by atoms with Crippen molar-refractivity contribution < 1.29 is 151 Å². The standard InChI is InChI=1S/2C16H27NO5.2K/c2*1-2-3-4-5-6-7-8-9-10-15(20)22-16(21)13(17)11-12-14(18)19;;/h2*2,13H,1,3-12,17H2,(H,18,19);;/q;;2*+1/p-2. The zero-order valence-corrected chi connectivity index (χ0v) is 34.3. The molecule has 252 valence electrons. The summed E-state index contributed by atoms with van der Waals surface area (Å²) < 4.78 is 9.15. The Hall–Kier alpha value is -0.107. The van der Waals surface area contributed by atoms with Gasteiger partial charge in [-0.25, -0.2) is 9.59 Å². The summed E-state index contributed by atoms with van der Waals surface area (Å²) in [6.07, 6.45) is 17.4. The average Bonchev–Trinajstić information content (AvgIpc) is 2.97. The number of rotatable bonds is 26. The average molecular weight is 703 g/mol. The van der Waals surface area contributed by atoms with E-state index in [0.717, 1.165) is 77.0 Å². The van der Waals surface area contributed by atoms with Gasteiger partial charge in [-0.15, -0.1) is 13.2 Å². The van der Waals surface area contributed by atoms with Gasteiger partial charge in [0, 0.05) is 24.8 Å². The quantitative estimate of drug-likeness (QED) is 0.0294. The monoisotopic (exact) mass is 702 g/mol. The molecule has 0 rings (SSSR count). The SMILES string of the molecule is C=CCCCCCCCCC(=O)OC(=O)C(N)CCC(=O)[O-].C=CCCCCCCCCC(=O)OC(=O)C(N)CCC(=O)[O-].[K+].[K+]. The van der Waals surface area contributed by atoms with Crippen LogP contribution in [0.25, 0.3) is 0 Å². The second-order valence-electron chi connectivity index (χ2n) is 10.5. The number of carboxylic acid groups (broad SMARTS) is 2. The third kappa shape index (κ3) is 38.3. The number of carbonyl (C=O) groups excluding carboxylic acids is 6. The molecule has 46 heavy (non-hydrogen) atoms.